The second-order valence-corrected chi connectivity index (χ2v) is 10.5. The van der Waals surface area contributed by atoms with E-state index in [1.165, 1.54) is 12.1 Å². The van der Waals surface area contributed by atoms with E-state index in [-0.39, 0.29) is 17.0 Å². The predicted molar refractivity (Wildman–Crippen MR) is 113 cm³/mol. The van der Waals surface area contributed by atoms with Crippen molar-refractivity contribution in [3.05, 3.63) is 30.3 Å². The van der Waals surface area contributed by atoms with Crippen molar-refractivity contribution < 1.29 is 21.5 Å². The quantitative estimate of drug-likeness (QED) is 0.266. The van der Waals surface area contributed by atoms with Crippen LogP contribution >= 0.6 is 0 Å². The highest BCUT2D eigenvalue weighted by molar-refractivity contribution is 7.92. The van der Waals surface area contributed by atoms with Gasteiger partial charge in [-0.2, -0.15) is 5.21 Å². The second kappa shape index (κ2) is 7.92. The molecule has 2 aromatic heterocycles. The number of hydrogen-bond donors (Lipinski definition) is 4. The molecule has 16 heteroatoms. The molecule has 5 N–H and O–H groups in total. The molecule has 0 aliphatic carbocycles. The third kappa shape index (κ3) is 3.87. The Bertz CT molecular complexity index is 1540. The number of tetrazole rings is 1. The molecule has 0 radical (unpaired) electrons. The topological polar surface area (TPSA) is 212 Å². The third-order valence-electron chi connectivity index (χ3n) is 5.22. The Kier molecular flexibility index (Phi) is 5.17. The summed E-state index contributed by atoms with van der Waals surface area (Å²) in [6.07, 6.45) is 0.556. The summed E-state index contributed by atoms with van der Waals surface area (Å²) >= 11 is 0. The lowest BCUT2D eigenvalue weighted by atomic mass is 9.98. The Labute approximate surface area is 187 Å². The fourth-order valence-corrected chi connectivity index (χ4v) is 6.71. The van der Waals surface area contributed by atoms with E-state index in [0.717, 1.165) is 0 Å². The van der Waals surface area contributed by atoms with Crippen molar-refractivity contribution in [3.8, 4) is 22.5 Å². The van der Waals surface area contributed by atoms with E-state index in [9.17, 15) is 16.8 Å². The highest BCUT2D eigenvalue weighted by Crippen LogP contribution is 2.40. The molecule has 1 atom stereocenters. The van der Waals surface area contributed by atoms with E-state index in [2.05, 4.69) is 41.0 Å². The van der Waals surface area contributed by atoms with Crippen LogP contribution in [0, 0.1) is 0 Å². The molecule has 14 nitrogen and oxygen atoms in total. The van der Waals surface area contributed by atoms with E-state index in [0.29, 0.717) is 36.1 Å². The van der Waals surface area contributed by atoms with Gasteiger partial charge < -0.3 is 5.32 Å². The zero-order valence-corrected chi connectivity index (χ0v) is 18.4. The molecule has 0 spiro atoms. The molecule has 0 amide bonds. The van der Waals surface area contributed by atoms with Crippen LogP contribution in [0.2, 0.25) is 0 Å². The molecule has 0 unspecified atom stereocenters. The number of rotatable bonds is 6. The van der Waals surface area contributed by atoms with Gasteiger partial charge in [-0.3, -0.25) is 0 Å². The van der Waals surface area contributed by atoms with Gasteiger partial charge in [-0.1, -0.05) is 18.2 Å². The Morgan fingerprint density at radius 3 is 2.64 bits per heavy atom. The number of hydrogen-bond acceptors (Lipinski definition) is 11. The summed E-state index contributed by atoms with van der Waals surface area (Å²) in [6.45, 7) is 1.05. The van der Waals surface area contributed by atoms with E-state index in [1.54, 1.807) is 18.2 Å². The average molecular weight is 492 g/mol. The van der Waals surface area contributed by atoms with Crippen LogP contribution in [-0.2, 0) is 20.0 Å². The van der Waals surface area contributed by atoms with Gasteiger partial charge in [0.25, 0.3) is 0 Å². The van der Waals surface area contributed by atoms with Crippen LogP contribution in [0.3, 0.4) is 0 Å². The number of benzene rings is 2. The van der Waals surface area contributed by atoms with Crippen LogP contribution < -0.4 is 15.2 Å². The lowest BCUT2D eigenvalue weighted by Crippen LogP contribution is -2.37. The van der Waals surface area contributed by atoms with Crippen molar-refractivity contribution in [2.24, 2.45) is 5.14 Å². The number of sulfonamides is 2. The standard InChI is InChI=1S/C17H17N9O5S2/c18-32(27,28)16-13(33(29,30)24-9-6-7-19-8-9)5-4-10(14(16)17-20-25-26-21-17)11-2-1-3-12-15(11)23-31-22-12/h1-5,9,19,24H,6-8H2,(H2,18,27,28)(H,20,21,25,26)/t9-/m1/s1. The minimum Gasteiger partial charge on any atom is -0.315 e. The van der Waals surface area contributed by atoms with Crippen LogP contribution in [-0.4, -0.2) is 66.9 Å². The van der Waals surface area contributed by atoms with Gasteiger partial charge in [0.15, 0.2) is 0 Å². The monoisotopic (exact) mass is 491 g/mol. The average Bonchev–Trinajstić information content (AvgIpc) is 3.53. The van der Waals surface area contributed by atoms with Crippen LogP contribution in [0.1, 0.15) is 6.42 Å². The molecular weight excluding hydrogens is 474 g/mol. The van der Waals surface area contributed by atoms with Crippen molar-refractivity contribution in [2.75, 3.05) is 13.1 Å². The maximum atomic E-state index is 13.2. The summed E-state index contributed by atoms with van der Waals surface area (Å²) in [4.78, 5) is -1.18. The molecular formula is C17H17N9O5S2. The number of primary sulfonamides is 1. The molecule has 1 saturated heterocycles. The van der Waals surface area contributed by atoms with Crippen molar-refractivity contribution in [1.82, 2.24) is 41.0 Å². The van der Waals surface area contributed by atoms with Crippen LogP contribution in [0.4, 0.5) is 0 Å². The second-order valence-electron chi connectivity index (χ2n) is 7.34. The first-order chi connectivity index (χ1) is 15.8. The first-order valence-corrected chi connectivity index (χ1v) is 12.7. The minimum absolute atomic E-state index is 0.144. The van der Waals surface area contributed by atoms with Gasteiger partial charge >= 0.3 is 0 Å². The molecule has 3 heterocycles. The summed E-state index contributed by atoms with van der Waals surface area (Å²) < 4.78 is 59.4. The molecule has 1 fully saturated rings. The largest absolute Gasteiger partial charge is 0.315 e. The third-order valence-corrected chi connectivity index (χ3v) is 7.91. The minimum atomic E-state index is -4.59. The number of nitrogens with two attached hydrogens (primary N) is 1. The Morgan fingerprint density at radius 2 is 1.94 bits per heavy atom. The maximum absolute atomic E-state index is 13.2. The number of fused-ring (bicyclic) bond motifs is 1. The van der Waals surface area contributed by atoms with Gasteiger partial charge in [0, 0.05) is 18.2 Å². The zero-order chi connectivity index (χ0) is 23.2. The Hall–Kier alpha value is -3.31. The molecule has 1 aliphatic heterocycles. The van der Waals surface area contributed by atoms with Gasteiger partial charge in [0.1, 0.15) is 20.8 Å². The fraction of sp³-hybridized carbons (Fsp3) is 0.235. The first-order valence-electron chi connectivity index (χ1n) is 9.64. The SMILES string of the molecule is NS(=O)(=O)c1c(S(=O)(=O)N[C@@H]2CCNC2)ccc(-c2cccc3nonc23)c1-c1nn[nH]n1. The highest BCUT2D eigenvalue weighted by atomic mass is 32.2. The number of nitrogens with one attached hydrogen (secondary N) is 3. The predicted octanol–water partition coefficient (Wildman–Crippen LogP) is -0.642. The number of aromatic nitrogens is 6. The lowest BCUT2D eigenvalue weighted by Gasteiger charge is -2.18. The van der Waals surface area contributed by atoms with E-state index in [4.69, 9.17) is 9.77 Å². The molecule has 0 saturated carbocycles. The van der Waals surface area contributed by atoms with Crippen LogP contribution in [0.15, 0.2) is 44.8 Å². The van der Waals surface area contributed by atoms with Gasteiger partial charge in [0.05, 0.1) is 5.56 Å². The number of aromatic amines is 1. The Balaban J connectivity index is 1.82. The summed E-state index contributed by atoms with van der Waals surface area (Å²) in [5.41, 5.74) is 1.26. The van der Waals surface area contributed by atoms with Crippen LogP contribution in [0.25, 0.3) is 33.5 Å². The van der Waals surface area contributed by atoms with Gasteiger partial charge in [0.2, 0.25) is 25.9 Å². The molecule has 1 aliphatic rings. The first kappa shape index (κ1) is 21.5. The van der Waals surface area contributed by atoms with Crippen LogP contribution in [0.5, 0.6) is 0 Å². The van der Waals surface area contributed by atoms with Crippen molar-refractivity contribution in [3.63, 3.8) is 0 Å². The maximum Gasteiger partial charge on any atom is 0.242 e. The molecule has 5 rings (SSSR count). The smallest absolute Gasteiger partial charge is 0.242 e. The van der Waals surface area contributed by atoms with Gasteiger partial charge in [-0.15, -0.1) is 10.2 Å². The summed E-state index contributed by atoms with van der Waals surface area (Å²) in [5.74, 6) is -0.165. The fourth-order valence-electron chi connectivity index (χ4n) is 3.83. The van der Waals surface area contributed by atoms with E-state index < -0.39 is 35.9 Å². The van der Waals surface area contributed by atoms with Crippen molar-refractivity contribution >= 4 is 31.1 Å². The molecule has 4 aromatic rings. The zero-order valence-electron chi connectivity index (χ0n) is 16.8. The van der Waals surface area contributed by atoms with E-state index in [1.807, 2.05) is 0 Å². The van der Waals surface area contributed by atoms with Crippen molar-refractivity contribution in [2.45, 2.75) is 22.3 Å². The lowest BCUT2D eigenvalue weighted by molar-refractivity contribution is 0.315. The van der Waals surface area contributed by atoms with Gasteiger partial charge in [-0.05, 0) is 46.2 Å². The number of H-pyrrole nitrogens is 1. The summed E-state index contributed by atoms with van der Waals surface area (Å²) in [7, 11) is -8.88. The summed E-state index contributed by atoms with van der Waals surface area (Å²) in [5, 5.41) is 29.8. The highest BCUT2D eigenvalue weighted by Gasteiger charge is 2.34. The number of nitrogens with zero attached hydrogens (tertiary/aromatic N) is 5. The van der Waals surface area contributed by atoms with Gasteiger partial charge in [-0.25, -0.2) is 31.3 Å². The van der Waals surface area contributed by atoms with E-state index >= 15 is 0 Å². The van der Waals surface area contributed by atoms with Crippen molar-refractivity contribution in [1.29, 1.82) is 0 Å². The molecule has 2 aromatic carbocycles. The Morgan fingerprint density at radius 1 is 1.09 bits per heavy atom. The summed E-state index contributed by atoms with van der Waals surface area (Å²) in [6, 6.07) is 7.18. The molecule has 172 valence electrons. The normalized spacial score (nSPS) is 17.1. The molecule has 33 heavy (non-hydrogen) atoms. The molecule has 0 bridgehead atoms.